The van der Waals surface area contributed by atoms with Crippen molar-refractivity contribution < 1.29 is 18.3 Å². The largest absolute Gasteiger partial charge is 0.433 e. The van der Waals surface area contributed by atoms with Gasteiger partial charge in [-0.05, 0) is 17.9 Å². The summed E-state index contributed by atoms with van der Waals surface area (Å²) in [5.41, 5.74) is 5.57. The maximum Gasteiger partial charge on any atom is 0.387 e. The van der Waals surface area contributed by atoms with Crippen LogP contribution in [0.25, 0.3) is 0 Å². The Morgan fingerprint density at radius 1 is 1.58 bits per heavy atom. The standard InChI is InChI=1S/C12H18F2N2O2S/c1-2-3-4-8(7-15)16-11(17)10-9(5-6-19-10)18-12(13)14/h5-6,8,12H,2-4,7,15H2,1H3,(H,16,17). The monoisotopic (exact) mass is 292 g/mol. The number of hydrogen-bond donors (Lipinski definition) is 2. The van der Waals surface area contributed by atoms with Gasteiger partial charge >= 0.3 is 6.61 Å². The third kappa shape index (κ3) is 5.12. The minimum Gasteiger partial charge on any atom is -0.433 e. The first-order valence-corrected chi connectivity index (χ1v) is 6.99. The van der Waals surface area contributed by atoms with Gasteiger partial charge in [0.15, 0.2) is 0 Å². The van der Waals surface area contributed by atoms with E-state index >= 15 is 0 Å². The Morgan fingerprint density at radius 2 is 2.32 bits per heavy atom. The predicted molar refractivity (Wildman–Crippen MR) is 70.8 cm³/mol. The van der Waals surface area contributed by atoms with Crippen LogP contribution in [0.4, 0.5) is 8.78 Å². The molecule has 0 spiro atoms. The minimum atomic E-state index is -2.94. The predicted octanol–water partition coefficient (Wildman–Crippen LogP) is 2.60. The van der Waals surface area contributed by atoms with Crippen LogP contribution in [0, 0.1) is 0 Å². The van der Waals surface area contributed by atoms with Gasteiger partial charge in [0.25, 0.3) is 5.91 Å². The van der Waals surface area contributed by atoms with E-state index < -0.39 is 12.5 Å². The van der Waals surface area contributed by atoms with E-state index in [0.717, 1.165) is 30.6 Å². The van der Waals surface area contributed by atoms with E-state index in [4.69, 9.17) is 5.73 Å². The van der Waals surface area contributed by atoms with Gasteiger partial charge < -0.3 is 15.8 Å². The molecular weight excluding hydrogens is 274 g/mol. The fraction of sp³-hybridized carbons (Fsp3) is 0.583. The highest BCUT2D eigenvalue weighted by molar-refractivity contribution is 7.12. The van der Waals surface area contributed by atoms with Gasteiger partial charge in [-0.2, -0.15) is 8.78 Å². The molecule has 1 unspecified atom stereocenters. The third-order valence-electron chi connectivity index (χ3n) is 2.58. The number of carbonyl (C=O) groups excluding carboxylic acids is 1. The average molecular weight is 292 g/mol. The van der Waals surface area contributed by atoms with Crippen LogP contribution in [0.2, 0.25) is 0 Å². The van der Waals surface area contributed by atoms with E-state index in [0.29, 0.717) is 6.54 Å². The number of nitrogens with one attached hydrogen (secondary N) is 1. The van der Waals surface area contributed by atoms with Crippen molar-refractivity contribution in [2.24, 2.45) is 5.73 Å². The highest BCUT2D eigenvalue weighted by atomic mass is 32.1. The molecule has 4 nitrogen and oxygen atoms in total. The SMILES string of the molecule is CCCCC(CN)NC(=O)c1sccc1OC(F)F. The van der Waals surface area contributed by atoms with Crippen molar-refractivity contribution in [1.82, 2.24) is 5.32 Å². The van der Waals surface area contributed by atoms with Crippen molar-refractivity contribution in [3.05, 3.63) is 16.3 Å². The number of amides is 1. The number of thiophene rings is 1. The van der Waals surface area contributed by atoms with E-state index in [1.165, 1.54) is 11.4 Å². The molecule has 7 heteroatoms. The first-order chi connectivity index (χ1) is 9.08. The van der Waals surface area contributed by atoms with Gasteiger partial charge in [0, 0.05) is 12.6 Å². The lowest BCUT2D eigenvalue weighted by atomic mass is 10.1. The molecule has 1 heterocycles. The Kier molecular flexibility index (Phi) is 6.72. The van der Waals surface area contributed by atoms with Crippen molar-refractivity contribution in [2.75, 3.05) is 6.54 Å². The second kappa shape index (κ2) is 8.06. The maximum atomic E-state index is 12.2. The van der Waals surface area contributed by atoms with Gasteiger partial charge in [0.1, 0.15) is 10.6 Å². The summed E-state index contributed by atoms with van der Waals surface area (Å²) in [7, 11) is 0. The van der Waals surface area contributed by atoms with Crippen LogP contribution >= 0.6 is 11.3 Å². The van der Waals surface area contributed by atoms with Crippen LogP contribution < -0.4 is 15.8 Å². The van der Waals surface area contributed by atoms with Crippen LogP contribution in [0.3, 0.4) is 0 Å². The number of hydrogen-bond acceptors (Lipinski definition) is 4. The van der Waals surface area contributed by atoms with Crippen LogP contribution in [-0.4, -0.2) is 25.1 Å². The summed E-state index contributed by atoms with van der Waals surface area (Å²) in [5, 5.41) is 4.28. The number of unbranched alkanes of at least 4 members (excludes halogenated alkanes) is 1. The van der Waals surface area contributed by atoms with E-state index in [-0.39, 0.29) is 16.7 Å². The second-order valence-corrected chi connectivity index (χ2v) is 4.96. The Morgan fingerprint density at radius 3 is 2.89 bits per heavy atom. The molecule has 1 aromatic rings. The zero-order valence-electron chi connectivity index (χ0n) is 10.7. The topological polar surface area (TPSA) is 64.3 Å². The van der Waals surface area contributed by atoms with Crippen molar-refractivity contribution in [1.29, 1.82) is 0 Å². The molecule has 1 rings (SSSR count). The number of halogens is 2. The first kappa shape index (κ1) is 15.8. The smallest absolute Gasteiger partial charge is 0.387 e. The molecule has 1 atom stereocenters. The van der Waals surface area contributed by atoms with Crippen molar-refractivity contribution in [2.45, 2.75) is 38.8 Å². The highest BCUT2D eigenvalue weighted by Crippen LogP contribution is 2.26. The molecule has 19 heavy (non-hydrogen) atoms. The molecule has 0 saturated heterocycles. The number of rotatable bonds is 8. The zero-order chi connectivity index (χ0) is 14.3. The lowest BCUT2D eigenvalue weighted by Gasteiger charge is -2.16. The Bertz CT molecular complexity index is 399. The minimum absolute atomic E-state index is 0.0937. The quantitative estimate of drug-likeness (QED) is 0.774. The second-order valence-electron chi connectivity index (χ2n) is 4.04. The first-order valence-electron chi connectivity index (χ1n) is 6.11. The summed E-state index contributed by atoms with van der Waals surface area (Å²) in [6.45, 7) is -0.572. The number of nitrogens with two attached hydrogens (primary N) is 1. The molecule has 0 aromatic carbocycles. The van der Waals surface area contributed by atoms with Crippen LogP contribution in [0.5, 0.6) is 5.75 Å². The van der Waals surface area contributed by atoms with Crippen molar-refractivity contribution in [3.8, 4) is 5.75 Å². The maximum absolute atomic E-state index is 12.2. The molecule has 0 fully saturated rings. The zero-order valence-corrected chi connectivity index (χ0v) is 11.5. The van der Waals surface area contributed by atoms with Crippen LogP contribution in [0.15, 0.2) is 11.4 Å². The van der Waals surface area contributed by atoms with Crippen molar-refractivity contribution in [3.63, 3.8) is 0 Å². The summed E-state index contributed by atoms with van der Waals surface area (Å²) in [5.74, 6) is -0.513. The number of ether oxygens (including phenoxy) is 1. The summed E-state index contributed by atoms with van der Waals surface area (Å²) < 4.78 is 28.6. The summed E-state index contributed by atoms with van der Waals surface area (Å²) in [6, 6.07) is 1.21. The Balaban J connectivity index is 2.64. The van der Waals surface area contributed by atoms with E-state index in [1.54, 1.807) is 0 Å². The van der Waals surface area contributed by atoms with Gasteiger partial charge in [-0.15, -0.1) is 11.3 Å². The lowest BCUT2D eigenvalue weighted by molar-refractivity contribution is -0.0498. The van der Waals surface area contributed by atoms with Gasteiger partial charge in [0.2, 0.25) is 0 Å². The van der Waals surface area contributed by atoms with Gasteiger partial charge in [-0.25, -0.2) is 0 Å². The summed E-state index contributed by atoms with van der Waals surface area (Å²) in [4.78, 5) is 12.1. The molecule has 1 aromatic heterocycles. The Hall–Kier alpha value is -1.21. The molecule has 0 aliphatic rings. The molecule has 0 aliphatic heterocycles. The van der Waals surface area contributed by atoms with Crippen LogP contribution in [-0.2, 0) is 0 Å². The van der Waals surface area contributed by atoms with Crippen molar-refractivity contribution >= 4 is 17.2 Å². The molecule has 3 N–H and O–H groups in total. The molecule has 108 valence electrons. The van der Waals surface area contributed by atoms with E-state index in [1.807, 2.05) is 6.92 Å². The van der Waals surface area contributed by atoms with E-state index in [2.05, 4.69) is 10.1 Å². The fourth-order valence-electron chi connectivity index (χ4n) is 1.60. The van der Waals surface area contributed by atoms with E-state index in [9.17, 15) is 13.6 Å². The summed E-state index contributed by atoms with van der Waals surface area (Å²) >= 11 is 1.06. The molecule has 0 radical (unpaired) electrons. The molecule has 1 amide bonds. The lowest BCUT2D eigenvalue weighted by Crippen LogP contribution is -2.40. The molecule has 0 saturated carbocycles. The third-order valence-corrected chi connectivity index (χ3v) is 3.47. The molecule has 0 bridgehead atoms. The number of carbonyl (C=O) groups is 1. The highest BCUT2D eigenvalue weighted by Gasteiger charge is 2.19. The normalized spacial score (nSPS) is 12.5. The van der Waals surface area contributed by atoms with Gasteiger partial charge in [0.05, 0.1) is 0 Å². The Labute approximate surface area is 114 Å². The van der Waals surface area contributed by atoms with Gasteiger partial charge in [-0.1, -0.05) is 19.8 Å². The van der Waals surface area contributed by atoms with Gasteiger partial charge in [-0.3, -0.25) is 4.79 Å². The average Bonchev–Trinajstić information content (AvgIpc) is 2.81. The summed E-state index contributed by atoms with van der Waals surface area (Å²) in [6.07, 6.45) is 2.73. The van der Waals surface area contributed by atoms with Crippen LogP contribution in [0.1, 0.15) is 35.9 Å². The molecular formula is C12H18F2N2O2S. The molecule has 0 aliphatic carbocycles. The number of alkyl halides is 2. The fourth-order valence-corrected chi connectivity index (χ4v) is 2.33.